The molecule has 1 amide bonds. The van der Waals surface area contributed by atoms with Crippen LogP contribution in [0.2, 0.25) is 0 Å². The van der Waals surface area contributed by atoms with Gasteiger partial charge in [0.15, 0.2) is 0 Å². The fourth-order valence-electron chi connectivity index (χ4n) is 2.00. The van der Waals surface area contributed by atoms with Crippen molar-refractivity contribution in [3.8, 4) is 0 Å². The van der Waals surface area contributed by atoms with Crippen molar-refractivity contribution >= 4 is 17.6 Å². The maximum Gasteiger partial charge on any atom is 0.305 e. The van der Waals surface area contributed by atoms with Crippen molar-refractivity contribution in [3.05, 3.63) is 29.3 Å². The molecule has 17 heavy (non-hydrogen) atoms. The maximum absolute atomic E-state index is 11.2. The molecule has 5 nitrogen and oxygen atoms in total. The van der Waals surface area contributed by atoms with Gasteiger partial charge in [-0.25, -0.2) is 0 Å². The monoisotopic (exact) mass is 234 g/mol. The molecule has 5 heteroatoms. The predicted molar refractivity (Wildman–Crippen MR) is 62.6 cm³/mol. The van der Waals surface area contributed by atoms with Crippen LogP contribution < -0.4 is 11.1 Å². The van der Waals surface area contributed by atoms with E-state index in [1.54, 1.807) is 25.1 Å². The summed E-state index contributed by atoms with van der Waals surface area (Å²) in [5.41, 5.74) is 7.44. The molecule has 0 spiro atoms. The Morgan fingerprint density at radius 3 is 2.94 bits per heavy atom. The molecule has 1 aliphatic heterocycles. The second-order valence-corrected chi connectivity index (χ2v) is 4.58. The number of aliphatic carboxylic acids is 1. The summed E-state index contributed by atoms with van der Waals surface area (Å²) in [6, 6.07) is 5.33. The minimum Gasteiger partial charge on any atom is -0.481 e. The van der Waals surface area contributed by atoms with E-state index in [1.165, 1.54) is 0 Å². The third-order valence-corrected chi connectivity index (χ3v) is 2.91. The molecule has 2 rings (SSSR count). The van der Waals surface area contributed by atoms with Crippen molar-refractivity contribution in [3.63, 3.8) is 0 Å². The fraction of sp³-hybridized carbons (Fsp3) is 0.333. The Hall–Kier alpha value is -1.88. The molecular weight excluding hydrogens is 220 g/mol. The molecule has 4 N–H and O–H groups in total. The van der Waals surface area contributed by atoms with Gasteiger partial charge in [-0.05, 0) is 24.1 Å². The maximum atomic E-state index is 11.2. The quantitative estimate of drug-likeness (QED) is 0.722. The summed E-state index contributed by atoms with van der Waals surface area (Å²) in [5.74, 6) is -0.987. The second kappa shape index (κ2) is 3.85. The van der Waals surface area contributed by atoms with Crippen LogP contribution in [0.25, 0.3) is 0 Å². The number of carbonyl (C=O) groups is 2. The van der Waals surface area contributed by atoms with Gasteiger partial charge in [0.1, 0.15) is 0 Å². The number of carboxylic acid groups (broad SMARTS) is 1. The summed E-state index contributed by atoms with van der Waals surface area (Å²) in [7, 11) is 0. The van der Waals surface area contributed by atoms with Crippen LogP contribution in [0.3, 0.4) is 0 Å². The highest BCUT2D eigenvalue weighted by Gasteiger charge is 2.27. The van der Waals surface area contributed by atoms with Crippen LogP contribution in [0, 0.1) is 0 Å². The first kappa shape index (κ1) is 11.6. The molecule has 0 saturated heterocycles. The van der Waals surface area contributed by atoms with Crippen LogP contribution in [0.15, 0.2) is 18.2 Å². The highest BCUT2D eigenvalue weighted by atomic mass is 16.4. The Morgan fingerprint density at radius 2 is 2.29 bits per heavy atom. The number of rotatable bonds is 3. The number of fused-ring (bicyclic) bond motifs is 1. The number of carboxylic acids is 1. The largest absolute Gasteiger partial charge is 0.481 e. The number of amides is 1. The molecular formula is C12H14N2O3. The van der Waals surface area contributed by atoms with E-state index in [0.717, 1.165) is 16.8 Å². The minimum atomic E-state index is -0.940. The van der Waals surface area contributed by atoms with Crippen molar-refractivity contribution in [2.75, 3.05) is 5.32 Å². The lowest BCUT2D eigenvalue weighted by molar-refractivity contribution is -0.138. The van der Waals surface area contributed by atoms with Gasteiger partial charge >= 0.3 is 5.97 Å². The van der Waals surface area contributed by atoms with E-state index in [2.05, 4.69) is 5.32 Å². The zero-order valence-electron chi connectivity index (χ0n) is 9.49. The van der Waals surface area contributed by atoms with Gasteiger partial charge in [-0.15, -0.1) is 0 Å². The molecule has 1 unspecified atom stereocenters. The summed E-state index contributed by atoms with van der Waals surface area (Å²) in [4.78, 5) is 21.9. The first-order valence-electron chi connectivity index (χ1n) is 5.32. The lowest BCUT2D eigenvalue weighted by Crippen LogP contribution is -2.35. The van der Waals surface area contributed by atoms with E-state index in [-0.39, 0.29) is 12.3 Å². The van der Waals surface area contributed by atoms with E-state index in [1.807, 2.05) is 0 Å². The normalized spacial score (nSPS) is 17.2. The number of carbonyl (C=O) groups excluding carboxylic acids is 1. The van der Waals surface area contributed by atoms with E-state index in [0.29, 0.717) is 6.42 Å². The van der Waals surface area contributed by atoms with Crippen molar-refractivity contribution in [1.82, 2.24) is 0 Å². The Bertz CT molecular complexity index is 495. The number of nitrogens with two attached hydrogens (primary N) is 1. The SMILES string of the molecule is CC(N)(CC(=O)O)c1ccc2c(c1)CC(=O)N2. The third-order valence-electron chi connectivity index (χ3n) is 2.91. The van der Waals surface area contributed by atoms with Crippen LogP contribution in [0.5, 0.6) is 0 Å². The summed E-state index contributed by atoms with van der Waals surface area (Å²) < 4.78 is 0. The first-order valence-corrected chi connectivity index (χ1v) is 5.32. The fourth-order valence-corrected chi connectivity index (χ4v) is 2.00. The third kappa shape index (κ3) is 2.29. The Kier molecular flexibility index (Phi) is 2.63. The summed E-state index contributed by atoms with van der Waals surface area (Å²) in [6.45, 7) is 1.67. The Labute approximate surface area is 98.6 Å². The van der Waals surface area contributed by atoms with Gasteiger partial charge in [0.2, 0.25) is 5.91 Å². The average molecular weight is 234 g/mol. The number of hydrogen-bond donors (Lipinski definition) is 3. The van der Waals surface area contributed by atoms with Crippen molar-refractivity contribution < 1.29 is 14.7 Å². The number of anilines is 1. The summed E-state index contributed by atoms with van der Waals surface area (Å²) in [6.07, 6.45) is 0.180. The molecule has 1 atom stereocenters. The zero-order valence-corrected chi connectivity index (χ0v) is 9.49. The molecule has 0 radical (unpaired) electrons. The smallest absolute Gasteiger partial charge is 0.305 e. The average Bonchev–Trinajstić information content (AvgIpc) is 2.54. The van der Waals surface area contributed by atoms with Crippen LogP contribution >= 0.6 is 0 Å². The molecule has 0 bridgehead atoms. The van der Waals surface area contributed by atoms with Crippen LogP contribution in [-0.2, 0) is 21.5 Å². The highest BCUT2D eigenvalue weighted by Crippen LogP contribution is 2.29. The van der Waals surface area contributed by atoms with E-state index in [4.69, 9.17) is 10.8 Å². The molecule has 0 aliphatic carbocycles. The number of benzene rings is 1. The van der Waals surface area contributed by atoms with E-state index in [9.17, 15) is 9.59 Å². The standard InChI is InChI=1S/C12H14N2O3/c1-12(13,6-11(16)17)8-2-3-9-7(4-8)5-10(15)14-9/h2-4H,5-6,13H2,1H3,(H,14,15)(H,16,17). The van der Waals surface area contributed by atoms with Crippen LogP contribution in [0.1, 0.15) is 24.5 Å². The summed E-state index contributed by atoms with van der Waals surface area (Å²) in [5, 5.41) is 11.5. The molecule has 0 saturated carbocycles. The molecule has 1 aromatic rings. The molecule has 90 valence electrons. The number of hydrogen-bond acceptors (Lipinski definition) is 3. The zero-order chi connectivity index (χ0) is 12.6. The van der Waals surface area contributed by atoms with Gasteiger partial charge < -0.3 is 16.2 Å². The van der Waals surface area contributed by atoms with Gasteiger partial charge in [0.25, 0.3) is 0 Å². The highest BCUT2D eigenvalue weighted by molar-refractivity contribution is 5.99. The van der Waals surface area contributed by atoms with Crippen molar-refractivity contribution in [2.45, 2.75) is 25.3 Å². The molecule has 1 aliphatic rings. The van der Waals surface area contributed by atoms with Crippen LogP contribution in [0.4, 0.5) is 5.69 Å². The van der Waals surface area contributed by atoms with Gasteiger partial charge in [0.05, 0.1) is 12.8 Å². The molecule has 0 aromatic heterocycles. The topological polar surface area (TPSA) is 92.4 Å². The van der Waals surface area contributed by atoms with Gasteiger partial charge in [-0.2, -0.15) is 0 Å². The summed E-state index contributed by atoms with van der Waals surface area (Å²) >= 11 is 0. The molecule has 1 heterocycles. The first-order chi connectivity index (χ1) is 7.88. The lowest BCUT2D eigenvalue weighted by atomic mass is 9.88. The van der Waals surface area contributed by atoms with Crippen molar-refractivity contribution in [2.24, 2.45) is 5.73 Å². The van der Waals surface area contributed by atoms with Gasteiger partial charge in [-0.3, -0.25) is 9.59 Å². The number of nitrogens with one attached hydrogen (secondary N) is 1. The van der Waals surface area contributed by atoms with Gasteiger partial charge in [-0.1, -0.05) is 12.1 Å². The van der Waals surface area contributed by atoms with Gasteiger partial charge in [0, 0.05) is 11.2 Å². The van der Waals surface area contributed by atoms with E-state index >= 15 is 0 Å². The molecule has 1 aromatic carbocycles. The second-order valence-electron chi connectivity index (χ2n) is 4.58. The van der Waals surface area contributed by atoms with Crippen LogP contribution in [-0.4, -0.2) is 17.0 Å². The molecule has 0 fully saturated rings. The lowest BCUT2D eigenvalue weighted by Gasteiger charge is -2.23. The predicted octanol–water partition coefficient (Wildman–Crippen LogP) is 0.830. The Balaban J connectivity index is 2.32. The Morgan fingerprint density at radius 1 is 1.59 bits per heavy atom. The van der Waals surface area contributed by atoms with Crippen molar-refractivity contribution in [1.29, 1.82) is 0 Å². The van der Waals surface area contributed by atoms with E-state index < -0.39 is 11.5 Å². The minimum absolute atomic E-state index is 0.0471.